The molecular formula is C20H34Cl2N4O. The molecule has 2 unspecified atom stereocenters. The van der Waals surface area contributed by atoms with Gasteiger partial charge in [-0.25, -0.2) is 0 Å². The quantitative estimate of drug-likeness (QED) is 0.791. The van der Waals surface area contributed by atoms with Crippen LogP contribution in [0.5, 0.6) is 0 Å². The van der Waals surface area contributed by atoms with E-state index in [0.29, 0.717) is 12.1 Å². The molecule has 0 bridgehead atoms. The molecule has 2 atom stereocenters. The Labute approximate surface area is 176 Å². The fraction of sp³-hybridized carbons (Fsp3) is 0.650. The lowest BCUT2D eigenvalue weighted by molar-refractivity contribution is 0.0920. The van der Waals surface area contributed by atoms with E-state index in [1.54, 1.807) is 0 Å². The third-order valence-corrected chi connectivity index (χ3v) is 5.62. The van der Waals surface area contributed by atoms with Crippen LogP contribution in [-0.2, 0) is 0 Å². The number of rotatable bonds is 4. The monoisotopic (exact) mass is 416 g/mol. The van der Waals surface area contributed by atoms with Gasteiger partial charge in [-0.15, -0.1) is 24.8 Å². The van der Waals surface area contributed by atoms with Crippen LogP contribution in [0.2, 0.25) is 0 Å². The Hall–Kier alpha value is -1.01. The van der Waals surface area contributed by atoms with Crippen LogP contribution in [-0.4, -0.2) is 61.7 Å². The van der Waals surface area contributed by atoms with Crippen LogP contribution in [0.3, 0.4) is 0 Å². The minimum Gasteiger partial charge on any atom is -0.369 e. The fourth-order valence-electron chi connectivity index (χ4n) is 3.81. The Morgan fingerprint density at radius 2 is 1.74 bits per heavy atom. The van der Waals surface area contributed by atoms with Gasteiger partial charge in [-0.1, -0.05) is 0 Å². The maximum Gasteiger partial charge on any atom is 0.251 e. The van der Waals surface area contributed by atoms with Gasteiger partial charge in [-0.05, 0) is 64.4 Å². The van der Waals surface area contributed by atoms with Crippen molar-refractivity contribution < 1.29 is 4.79 Å². The number of benzene rings is 1. The van der Waals surface area contributed by atoms with Gasteiger partial charge in [-0.2, -0.15) is 0 Å². The van der Waals surface area contributed by atoms with Gasteiger partial charge in [0.05, 0.1) is 0 Å². The van der Waals surface area contributed by atoms with Gasteiger partial charge < -0.3 is 15.5 Å². The second kappa shape index (κ2) is 11.1. The normalized spacial score (nSPS) is 23.3. The van der Waals surface area contributed by atoms with E-state index >= 15 is 0 Å². The summed E-state index contributed by atoms with van der Waals surface area (Å²) in [7, 11) is 0. The zero-order valence-corrected chi connectivity index (χ0v) is 18.2. The summed E-state index contributed by atoms with van der Waals surface area (Å²) in [6, 6.07) is 9.27. The highest BCUT2D eigenvalue weighted by Crippen LogP contribution is 2.18. The van der Waals surface area contributed by atoms with Crippen molar-refractivity contribution in [2.45, 2.75) is 51.7 Å². The number of hydrogen-bond donors (Lipinski definition) is 2. The van der Waals surface area contributed by atoms with Crippen molar-refractivity contribution in [3.8, 4) is 0 Å². The van der Waals surface area contributed by atoms with Crippen molar-refractivity contribution in [2.75, 3.05) is 37.6 Å². The van der Waals surface area contributed by atoms with Gasteiger partial charge in [0.15, 0.2) is 0 Å². The highest BCUT2D eigenvalue weighted by atomic mass is 35.5. The van der Waals surface area contributed by atoms with E-state index in [2.05, 4.69) is 53.3 Å². The highest BCUT2D eigenvalue weighted by Gasteiger charge is 2.23. The van der Waals surface area contributed by atoms with E-state index in [0.717, 1.165) is 51.1 Å². The first kappa shape index (κ1) is 24.0. The minimum absolute atomic E-state index is 0. The Balaban J connectivity index is 0.00000182. The van der Waals surface area contributed by atoms with E-state index in [1.807, 2.05) is 12.1 Å². The molecule has 5 nitrogen and oxygen atoms in total. The van der Waals surface area contributed by atoms with Crippen molar-refractivity contribution in [3.63, 3.8) is 0 Å². The summed E-state index contributed by atoms with van der Waals surface area (Å²) in [6.45, 7) is 12.0. The predicted molar refractivity (Wildman–Crippen MR) is 118 cm³/mol. The third kappa shape index (κ3) is 6.24. The first-order valence-electron chi connectivity index (χ1n) is 9.68. The van der Waals surface area contributed by atoms with Crippen LogP contribution in [0.25, 0.3) is 0 Å². The lowest BCUT2D eigenvalue weighted by Gasteiger charge is -2.38. The van der Waals surface area contributed by atoms with Crippen LogP contribution in [0.15, 0.2) is 24.3 Å². The first-order valence-corrected chi connectivity index (χ1v) is 9.68. The molecule has 0 aliphatic carbocycles. The summed E-state index contributed by atoms with van der Waals surface area (Å²) < 4.78 is 0. The lowest BCUT2D eigenvalue weighted by Crippen LogP contribution is -2.51. The second-order valence-corrected chi connectivity index (χ2v) is 7.63. The van der Waals surface area contributed by atoms with Crippen LogP contribution in [0.1, 0.15) is 44.0 Å². The van der Waals surface area contributed by atoms with E-state index in [4.69, 9.17) is 0 Å². The fourth-order valence-corrected chi connectivity index (χ4v) is 3.81. The van der Waals surface area contributed by atoms with Crippen molar-refractivity contribution in [1.82, 2.24) is 15.5 Å². The molecule has 3 rings (SSSR count). The van der Waals surface area contributed by atoms with Gasteiger partial charge in [0.1, 0.15) is 0 Å². The molecule has 2 heterocycles. The van der Waals surface area contributed by atoms with Crippen LogP contribution >= 0.6 is 24.8 Å². The molecule has 2 aliphatic heterocycles. The maximum absolute atomic E-state index is 12.5. The molecule has 154 valence electrons. The zero-order valence-electron chi connectivity index (χ0n) is 16.6. The van der Waals surface area contributed by atoms with Gasteiger partial charge in [-0.3, -0.25) is 9.69 Å². The highest BCUT2D eigenvalue weighted by molar-refractivity contribution is 5.94. The predicted octanol–water partition coefficient (Wildman–Crippen LogP) is 2.93. The summed E-state index contributed by atoms with van der Waals surface area (Å²) in [6.07, 6.45) is 2.18. The first-order chi connectivity index (χ1) is 12.0. The summed E-state index contributed by atoms with van der Waals surface area (Å²) in [5.41, 5.74) is 1.97. The number of nitrogens with one attached hydrogen (secondary N) is 2. The largest absolute Gasteiger partial charge is 0.369 e. The number of carbonyl (C=O) groups is 1. The van der Waals surface area contributed by atoms with Crippen molar-refractivity contribution in [1.29, 1.82) is 0 Å². The maximum atomic E-state index is 12.5. The van der Waals surface area contributed by atoms with Crippen LogP contribution in [0, 0.1) is 0 Å². The van der Waals surface area contributed by atoms with E-state index in [1.165, 1.54) is 5.69 Å². The molecule has 2 N–H and O–H groups in total. The van der Waals surface area contributed by atoms with Crippen molar-refractivity contribution in [2.24, 2.45) is 0 Å². The Morgan fingerprint density at radius 1 is 1.11 bits per heavy atom. The average molecular weight is 417 g/mol. The molecule has 1 aromatic rings. The Kier molecular flexibility index (Phi) is 9.88. The molecule has 1 amide bonds. The SMILES string of the molecule is CC1NCCCC1NC(=O)c1ccc(N2CCN(C(C)C)CC2)cc1.Cl.Cl. The Morgan fingerprint density at radius 3 is 2.30 bits per heavy atom. The van der Waals surface area contributed by atoms with Crippen LogP contribution < -0.4 is 15.5 Å². The zero-order chi connectivity index (χ0) is 17.8. The smallest absolute Gasteiger partial charge is 0.251 e. The van der Waals surface area contributed by atoms with Gasteiger partial charge in [0.2, 0.25) is 0 Å². The minimum atomic E-state index is 0. The number of nitrogens with zero attached hydrogens (tertiary/aromatic N) is 2. The lowest BCUT2D eigenvalue weighted by atomic mass is 9.99. The number of anilines is 1. The molecule has 0 radical (unpaired) electrons. The van der Waals surface area contributed by atoms with Gasteiger partial charge in [0, 0.05) is 55.6 Å². The van der Waals surface area contributed by atoms with E-state index in [9.17, 15) is 4.79 Å². The van der Waals surface area contributed by atoms with Crippen molar-refractivity contribution in [3.05, 3.63) is 29.8 Å². The van der Waals surface area contributed by atoms with Crippen molar-refractivity contribution >= 4 is 36.4 Å². The molecule has 7 heteroatoms. The van der Waals surface area contributed by atoms with Gasteiger partial charge in [0.25, 0.3) is 5.91 Å². The average Bonchev–Trinajstić information content (AvgIpc) is 2.64. The number of amides is 1. The molecule has 0 saturated carbocycles. The molecular weight excluding hydrogens is 383 g/mol. The second-order valence-electron chi connectivity index (χ2n) is 7.63. The molecule has 0 spiro atoms. The Bertz CT molecular complexity index is 574. The molecule has 1 aromatic carbocycles. The summed E-state index contributed by atoms with van der Waals surface area (Å²) >= 11 is 0. The molecule has 0 aromatic heterocycles. The summed E-state index contributed by atoms with van der Waals surface area (Å²) in [5, 5.41) is 6.61. The topological polar surface area (TPSA) is 47.6 Å². The molecule has 2 aliphatic rings. The molecule has 2 fully saturated rings. The molecule has 27 heavy (non-hydrogen) atoms. The molecule has 2 saturated heterocycles. The van der Waals surface area contributed by atoms with E-state index < -0.39 is 0 Å². The third-order valence-electron chi connectivity index (χ3n) is 5.62. The number of hydrogen-bond acceptors (Lipinski definition) is 4. The number of halogens is 2. The number of carbonyl (C=O) groups excluding carboxylic acids is 1. The number of piperidine rings is 1. The van der Waals surface area contributed by atoms with Gasteiger partial charge >= 0.3 is 0 Å². The standard InChI is InChI=1S/C20H32N4O.2ClH/c1-15(2)23-11-13-24(14-12-23)18-8-6-17(7-9-18)20(25)22-19-5-4-10-21-16(19)3;;/h6-9,15-16,19,21H,4-5,10-14H2,1-3H3,(H,22,25);2*1H. The van der Waals surface area contributed by atoms with Crippen LogP contribution in [0.4, 0.5) is 5.69 Å². The summed E-state index contributed by atoms with van der Waals surface area (Å²) in [4.78, 5) is 17.4. The van der Waals surface area contributed by atoms with E-state index in [-0.39, 0.29) is 36.8 Å². The summed E-state index contributed by atoms with van der Waals surface area (Å²) in [5.74, 6) is 0.0386. The number of piperazine rings is 1.